The molecule has 0 radical (unpaired) electrons. The third-order valence-corrected chi connectivity index (χ3v) is 6.24. The van der Waals surface area contributed by atoms with Crippen molar-refractivity contribution >= 4 is 31.6 Å². The Bertz CT molecular complexity index is 664. The zero-order chi connectivity index (χ0) is 16.0. The Morgan fingerprint density at radius 2 is 2.10 bits per heavy atom. The van der Waals surface area contributed by atoms with Crippen molar-refractivity contribution in [1.82, 2.24) is 4.72 Å². The van der Waals surface area contributed by atoms with Crippen molar-refractivity contribution in [1.29, 1.82) is 0 Å². The highest BCUT2D eigenvalue weighted by molar-refractivity contribution is 9.10. The number of rotatable bonds is 4. The summed E-state index contributed by atoms with van der Waals surface area (Å²) in [4.78, 5) is -0.132. The predicted octanol–water partition coefficient (Wildman–Crippen LogP) is 2.26. The lowest BCUT2D eigenvalue weighted by Crippen LogP contribution is -2.61. The summed E-state index contributed by atoms with van der Waals surface area (Å²) < 4.78 is 46.2. The number of halogens is 2. The van der Waals surface area contributed by atoms with Gasteiger partial charge in [0.05, 0.1) is 16.3 Å². The monoisotopic (exact) mass is 380 g/mol. The molecule has 1 saturated carbocycles. The van der Waals surface area contributed by atoms with Gasteiger partial charge in [0.2, 0.25) is 10.0 Å². The van der Waals surface area contributed by atoms with Gasteiger partial charge >= 0.3 is 0 Å². The molecule has 21 heavy (non-hydrogen) atoms. The Hall–Kier alpha value is -0.700. The largest absolute Gasteiger partial charge is 0.398 e. The molecule has 2 atom stereocenters. The zero-order valence-electron chi connectivity index (χ0n) is 12.0. The number of benzene rings is 1. The molecule has 0 bridgehead atoms. The maximum atomic E-state index is 13.3. The third kappa shape index (κ3) is 2.94. The Labute approximate surface area is 132 Å². The van der Waals surface area contributed by atoms with E-state index in [1.54, 1.807) is 7.11 Å². The van der Waals surface area contributed by atoms with Gasteiger partial charge in [-0.2, -0.15) is 0 Å². The van der Waals surface area contributed by atoms with Gasteiger partial charge in [-0.3, -0.25) is 0 Å². The molecule has 5 nitrogen and oxygen atoms in total. The molecular weight excluding hydrogens is 363 g/mol. The first kappa shape index (κ1) is 16.7. The van der Waals surface area contributed by atoms with Crippen LogP contribution in [0.4, 0.5) is 10.1 Å². The maximum Gasteiger partial charge on any atom is 0.242 e. The van der Waals surface area contributed by atoms with E-state index in [1.165, 1.54) is 6.07 Å². The van der Waals surface area contributed by atoms with E-state index in [0.717, 1.165) is 6.07 Å². The average Bonchev–Trinajstić information content (AvgIpc) is 2.38. The summed E-state index contributed by atoms with van der Waals surface area (Å²) in [5, 5.41) is 0. The van der Waals surface area contributed by atoms with Gasteiger partial charge in [0.1, 0.15) is 10.7 Å². The number of nitrogens with two attached hydrogens (primary N) is 1. The molecule has 8 heteroatoms. The van der Waals surface area contributed by atoms with Crippen LogP contribution in [0, 0.1) is 11.2 Å². The van der Waals surface area contributed by atoms with Crippen LogP contribution in [-0.4, -0.2) is 27.7 Å². The minimum Gasteiger partial charge on any atom is -0.398 e. The normalized spacial score (nSPS) is 24.6. The van der Waals surface area contributed by atoms with E-state index < -0.39 is 15.8 Å². The standard InChI is InChI=1S/C13H18BrFN2O3S/c1-13(2)11(6-12(13)20-3)17-21(18,19)10-4-7(14)8(15)5-9(10)16/h4-5,11-12,17H,6,16H2,1-3H3. The van der Waals surface area contributed by atoms with Gasteiger partial charge in [0.15, 0.2) is 0 Å². The summed E-state index contributed by atoms with van der Waals surface area (Å²) in [5.41, 5.74) is 5.19. The first-order chi connectivity index (χ1) is 9.59. The number of nitrogens with one attached hydrogen (secondary N) is 1. The van der Waals surface area contributed by atoms with Gasteiger partial charge in [-0.15, -0.1) is 0 Å². The van der Waals surface area contributed by atoms with Gasteiger partial charge in [-0.1, -0.05) is 13.8 Å². The highest BCUT2D eigenvalue weighted by Gasteiger charge is 2.50. The van der Waals surface area contributed by atoms with Crippen LogP contribution in [-0.2, 0) is 14.8 Å². The molecule has 1 aliphatic carbocycles. The van der Waals surface area contributed by atoms with Crippen LogP contribution in [0.5, 0.6) is 0 Å². The lowest BCUT2D eigenvalue weighted by atomic mass is 9.65. The van der Waals surface area contributed by atoms with E-state index in [2.05, 4.69) is 20.7 Å². The minimum atomic E-state index is -3.82. The summed E-state index contributed by atoms with van der Waals surface area (Å²) in [7, 11) is -2.22. The smallest absolute Gasteiger partial charge is 0.242 e. The number of methoxy groups -OCH3 is 1. The van der Waals surface area contributed by atoms with E-state index in [4.69, 9.17) is 10.5 Å². The number of anilines is 1. The summed E-state index contributed by atoms with van der Waals surface area (Å²) >= 11 is 2.97. The number of sulfonamides is 1. The Kier molecular flexibility index (Phi) is 4.36. The fraction of sp³-hybridized carbons (Fsp3) is 0.538. The van der Waals surface area contributed by atoms with Gasteiger partial charge in [0.25, 0.3) is 0 Å². The van der Waals surface area contributed by atoms with Crippen molar-refractivity contribution in [2.45, 2.75) is 37.3 Å². The minimum absolute atomic E-state index is 0.00232. The molecule has 1 aromatic carbocycles. The summed E-state index contributed by atoms with van der Waals surface area (Å²) in [6, 6.07) is 1.91. The molecule has 0 saturated heterocycles. The van der Waals surface area contributed by atoms with Gasteiger partial charge in [0, 0.05) is 18.6 Å². The fourth-order valence-corrected chi connectivity index (χ4v) is 4.55. The molecule has 0 aromatic heterocycles. The second-order valence-corrected chi connectivity index (χ2v) is 8.30. The highest BCUT2D eigenvalue weighted by atomic mass is 79.9. The Morgan fingerprint density at radius 1 is 1.48 bits per heavy atom. The first-order valence-corrected chi connectivity index (χ1v) is 8.67. The molecule has 3 N–H and O–H groups in total. The molecule has 1 fully saturated rings. The molecule has 1 aromatic rings. The van der Waals surface area contributed by atoms with E-state index in [1.807, 2.05) is 13.8 Å². The van der Waals surface area contributed by atoms with Crippen molar-refractivity contribution < 1.29 is 17.5 Å². The summed E-state index contributed by atoms with van der Waals surface area (Å²) in [6.07, 6.45) is 0.591. The Balaban J connectivity index is 2.27. The third-order valence-electron chi connectivity index (χ3n) is 4.10. The topological polar surface area (TPSA) is 81.4 Å². The number of nitrogen functional groups attached to an aromatic ring is 1. The lowest BCUT2D eigenvalue weighted by Gasteiger charge is -2.50. The van der Waals surface area contributed by atoms with Crippen LogP contribution in [0.3, 0.4) is 0 Å². The van der Waals surface area contributed by atoms with Gasteiger partial charge in [-0.25, -0.2) is 17.5 Å². The van der Waals surface area contributed by atoms with E-state index in [-0.39, 0.29) is 32.6 Å². The average molecular weight is 381 g/mol. The zero-order valence-corrected chi connectivity index (χ0v) is 14.4. The molecule has 0 aliphatic heterocycles. The quantitative estimate of drug-likeness (QED) is 0.784. The molecule has 1 aliphatic rings. The summed E-state index contributed by atoms with van der Waals surface area (Å²) in [5.74, 6) is -0.602. The lowest BCUT2D eigenvalue weighted by molar-refractivity contribution is -0.0908. The van der Waals surface area contributed by atoms with Crippen LogP contribution < -0.4 is 10.5 Å². The summed E-state index contributed by atoms with van der Waals surface area (Å²) in [6.45, 7) is 3.86. The van der Waals surface area contributed by atoms with E-state index >= 15 is 0 Å². The number of hydrogen-bond acceptors (Lipinski definition) is 4. The van der Waals surface area contributed by atoms with E-state index in [0.29, 0.717) is 6.42 Å². The molecule has 2 rings (SSSR count). The van der Waals surface area contributed by atoms with Crippen molar-refractivity contribution in [3.63, 3.8) is 0 Å². The van der Waals surface area contributed by atoms with Crippen LogP contribution in [0.25, 0.3) is 0 Å². The van der Waals surface area contributed by atoms with Crippen LogP contribution in [0.2, 0.25) is 0 Å². The second kappa shape index (κ2) is 5.49. The molecule has 0 heterocycles. The van der Waals surface area contributed by atoms with E-state index in [9.17, 15) is 12.8 Å². The number of hydrogen-bond donors (Lipinski definition) is 2. The predicted molar refractivity (Wildman–Crippen MR) is 81.8 cm³/mol. The maximum absolute atomic E-state index is 13.3. The van der Waals surface area contributed by atoms with Crippen molar-refractivity contribution in [3.05, 3.63) is 22.4 Å². The molecule has 0 spiro atoms. The fourth-order valence-electron chi connectivity index (χ4n) is 2.51. The SMILES string of the molecule is COC1CC(NS(=O)(=O)c2cc(Br)c(F)cc2N)C1(C)C. The molecular formula is C13H18BrFN2O3S. The Morgan fingerprint density at radius 3 is 2.62 bits per heavy atom. The first-order valence-electron chi connectivity index (χ1n) is 6.39. The molecule has 118 valence electrons. The van der Waals surface area contributed by atoms with Crippen LogP contribution in [0.1, 0.15) is 20.3 Å². The van der Waals surface area contributed by atoms with Crippen LogP contribution in [0.15, 0.2) is 21.5 Å². The number of ether oxygens (including phenoxy) is 1. The van der Waals surface area contributed by atoms with Crippen molar-refractivity contribution in [3.8, 4) is 0 Å². The van der Waals surface area contributed by atoms with Gasteiger partial charge in [-0.05, 0) is 34.5 Å². The second-order valence-electron chi connectivity index (χ2n) is 5.76. The van der Waals surface area contributed by atoms with Crippen molar-refractivity contribution in [2.24, 2.45) is 5.41 Å². The highest BCUT2D eigenvalue weighted by Crippen LogP contribution is 2.43. The molecule has 0 amide bonds. The van der Waals surface area contributed by atoms with Crippen LogP contribution >= 0.6 is 15.9 Å². The van der Waals surface area contributed by atoms with Gasteiger partial charge < -0.3 is 10.5 Å². The molecule has 2 unspecified atom stereocenters. The van der Waals surface area contributed by atoms with Crippen molar-refractivity contribution in [2.75, 3.05) is 12.8 Å².